The summed E-state index contributed by atoms with van der Waals surface area (Å²) in [6.45, 7) is 4.55. The average molecular weight is 370 g/mol. The lowest BCUT2D eigenvalue weighted by Gasteiger charge is -2.17. The van der Waals surface area contributed by atoms with Gasteiger partial charge in [0, 0.05) is 25.0 Å². The minimum absolute atomic E-state index is 0.113. The van der Waals surface area contributed by atoms with Crippen molar-refractivity contribution < 1.29 is 4.79 Å². The summed E-state index contributed by atoms with van der Waals surface area (Å²) in [7, 11) is 1.80. The normalized spacial score (nSPS) is 11.0. The molecule has 4 aromatic rings. The van der Waals surface area contributed by atoms with Crippen molar-refractivity contribution in [3.05, 3.63) is 89.5 Å². The second-order valence-electron chi connectivity index (χ2n) is 7.08. The van der Waals surface area contributed by atoms with Crippen LogP contribution in [0.2, 0.25) is 0 Å². The van der Waals surface area contributed by atoms with Crippen LogP contribution in [0, 0.1) is 13.8 Å². The Morgan fingerprint density at radius 1 is 1.00 bits per heavy atom. The number of carbonyl (C=O) groups excluding carboxylic acids is 1. The van der Waals surface area contributed by atoms with Crippen molar-refractivity contribution in [1.29, 1.82) is 0 Å². The van der Waals surface area contributed by atoms with Crippen LogP contribution in [0.25, 0.3) is 16.9 Å². The Morgan fingerprint density at radius 2 is 1.75 bits per heavy atom. The summed E-state index contributed by atoms with van der Waals surface area (Å²) in [5.41, 5.74) is 6.57. The second-order valence-corrected chi connectivity index (χ2v) is 7.08. The van der Waals surface area contributed by atoms with Crippen LogP contribution in [0.4, 0.5) is 0 Å². The largest absolute Gasteiger partial charge is 0.334 e. The number of hydrogen-bond acceptors (Lipinski definition) is 3. The van der Waals surface area contributed by atoms with E-state index in [-0.39, 0.29) is 5.91 Å². The van der Waals surface area contributed by atoms with Crippen molar-refractivity contribution in [3.8, 4) is 11.3 Å². The third kappa shape index (κ3) is 3.39. The van der Waals surface area contributed by atoms with Crippen LogP contribution in [-0.2, 0) is 6.54 Å². The van der Waals surface area contributed by atoms with Crippen LogP contribution in [0.1, 0.15) is 27.3 Å². The summed E-state index contributed by atoms with van der Waals surface area (Å²) >= 11 is 0. The number of fused-ring (bicyclic) bond motifs is 1. The van der Waals surface area contributed by atoms with E-state index in [1.54, 1.807) is 30.3 Å². The monoisotopic (exact) mass is 370 g/mol. The van der Waals surface area contributed by atoms with Gasteiger partial charge in [0.05, 0.1) is 17.9 Å². The Kier molecular flexibility index (Phi) is 4.65. The molecule has 0 spiro atoms. The molecule has 0 aliphatic rings. The lowest BCUT2D eigenvalue weighted by Crippen LogP contribution is -2.27. The van der Waals surface area contributed by atoms with Crippen molar-refractivity contribution in [2.45, 2.75) is 20.4 Å². The lowest BCUT2D eigenvalue weighted by atomic mass is 10.1. The van der Waals surface area contributed by atoms with Gasteiger partial charge in [-0.15, -0.1) is 0 Å². The maximum atomic E-state index is 12.8. The number of amides is 1. The molecule has 0 fully saturated rings. The molecule has 0 N–H and O–H groups in total. The van der Waals surface area contributed by atoms with Gasteiger partial charge in [-0.3, -0.25) is 9.78 Å². The molecule has 4 rings (SSSR count). The molecule has 3 heterocycles. The Balaban J connectivity index is 1.78. The number of carbonyl (C=O) groups is 1. The smallest absolute Gasteiger partial charge is 0.272 e. The van der Waals surface area contributed by atoms with Gasteiger partial charge < -0.3 is 9.30 Å². The molecular weight excluding hydrogens is 348 g/mol. The number of benzene rings is 1. The first kappa shape index (κ1) is 17.9. The molecule has 5 nitrogen and oxygen atoms in total. The molecule has 1 amide bonds. The molecule has 3 aromatic heterocycles. The van der Waals surface area contributed by atoms with Crippen LogP contribution < -0.4 is 0 Å². The van der Waals surface area contributed by atoms with E-state index in [9.17, 15) is 4.79 Å². The molecule has 0 radical (unpaired) electrons. The predicted octanol–water partition coefficient (Wildman–Crippen LogP) is 4.29. The highest BCUT2D eigenvalue weighted by Crippen LogP contribution is 2.26. The molecule has 0 unspecified atom stereocenters. The predicted molar refractivity (Wildman–Crippen MR) is 110 cm³/mol. The van der Waals surface area contributed by atoms with E-state index in [1.807, 2.05) is 18.2 Å². The van der Waals surface area contributed by atoms with E-state index in [0.717, 1.165) is 28.2 Å². The Bertz CT molecular complexity index is 1130. The quantitative estimate of drug-likeness (QED) is 0.539. The molecule has 0 saturated carbocycles. The first-order valence-electron chi connectivity index (χ1n) is 9.24. The molecule has 0 atom stereocenters. The number of hydrogen-bond donors (Lipinski definition) is 0. The van der Waals surface area contributed by atoms with Gasteiger partial charge in [0.2, 0.25) is 0 Å². The van der Waals surface area contributed by atoms with Gasteiger partial charge in [-0.2, -0.15) is 0 Å². The first-order chi connectivity index (χ1) is 13.5. The summed E-state index contributed by atoms with van der Waals surface area (Å²) < 4.78 is 2.08. The van der Waals surface area contributed by atoms with Crippen molar-refractivity contribution in [1.82, 2.24) is 19.3 Å². The molecule has 0 aliphatic heterocycles. The van der Waals surface area contributed by atoms with Crippen LogP contribution >= 0.6 is 0 Å². The fraction of sp³-hybridized carbons (Fsp3) is 0.174. The third-order valence-electron chi connectivity index (χ3n) is 4.81. The summed E-state index contributed by atoms with van der Waals surface area (Å²) in [5.74, 6) is -0.113. The van der Waals surface area contributed by atoms with E-state index in [4.69, 9.17) is 4.98 Å². The maximum absolute atomic E-state index is 12.8. The molecule has 0 bridgehead atoms. The zero-order valence-corrected chi connectivity index (χ0v) is 16.3. The lowest BCUT2D eigenvalue weighted by molar-refractivity contribution is 0.0777. The zero-order valence-electron chi connectivity index (χ0n) is 16.3. The average Bonchev–Trinajstić information content (AvgIpc) is 3.06. The van der Waals surface area contributed by atoms with Crippen LogP contribution in [0.5, 0.6) is 0 Å². The summed E-state index contributed by atoms with van der Waals surface area (Å²) in [6, 6.07) is 17.7. The Hall–Kier alpha value is -3.47. The molecule has 140 valence electrons. The molecule has 0 saturated heterocycles. The van der Waals surface area contributed by atoms with Gasteiger partial charge in [0.15, 0.2) is 0 Å². The van der Waals surface area contributed by atoms with Gasteiger partial charge in [-0.25, -0.2) is 4.98 Å². The van der Waals surface area contributed by atoms with Crippen LogP contribution in [-0.4, -0.2) is 32.2 Å². The second kappa shape index (κ2) is 7.27. The highest BCUT2D eigenvalue weighted by molar-refractivity contribution is 5.92. The van der Waals surface area contributed by atoms with Gasteiger partial charge in [0.1, 0.15) is 11.3 Å². The van der Waals surface area contributed by atoms with Gasteiger partial charge in [0.25, 0.3) is 5.91 Å². The molecule has 1 aromatic carbocycles. The number of aromatic nitrogens is 3. The van der Waals surface area contributed by atoms with Gasteiger partial charge in [-0.05, 0) is 37.6 Å². The maximum Gasteiger partial charge on any atom is 0.272 e. The zero-order chi connectivity index (χ0) is 19.7. The Labute approximate surface area is 164 Å². The SMILES string of the molecule is Cc1ccc(-c2nc3ccc(C)cn3c2CN(C)C(=O)c2ccccn2)cc1. The highest BCUT2D eigenvalue weighted by Gasteiger charge is 2.19. The third-order valence-corrected chi connectivity index (χ3v) is 4.81. The van der Waals surface area contributed by atoms with Crippen molar-refractivity contribution in [2.24, 2.45) is 0 Å². The first-order valence-corrected chi connectivity index (χ1v) is 9.24. The van der Waals surface area contributed by atoms with Crippen molar-refractivity contribution >= 4 is 11.6 Å². The van der Waals surface area contributed by atoms with E-state index >= 15 is 0 Å². The summed E-state index contributed by atoms with van der Waals surface area (Å²) in [5, 5.41) is 0. The molecule has 28 heavy (non-hydrogen) atoms. The summed E-state index contributed by atoms with van der Waals surface area (Å²) in [4.78, 5) is 23.5. The molecular formula is C23H22N4O. The van der Waals surface area contributed by atoms with Gasteiger partial charge in [-0.1, -0.05) is 42.0 Å². The van der Waals surface area contributed by atoms with Gasteiger partial charge >= 0.3 is 0 Å². The van der Waals surface area contributed by atoms with E-state index in [1.165, 1.54) is 5.56 Å². The minimum Gasteiger partial charge on any atom is -0.334 e. The number of imidazole rings is 1. The van der Waals surface area contributed by atoms with Crippen LogP contribution in [0.15, 0.2) is 67.0 Å². The Morgan fingerprint density at radius 3 is 2.46 bits per heavy atom. The fourth-order valence-corrected chi connectivity index (χ4v) is 3.27. The van der Waals surface area contributed by atoms with Crippen molar-refractivity contribution in [3.63, 3.8) is 0 Å². The van der Waals surface area contributed by atoms with E-state index < -0.39 is 0 Å². The molecule has 0 aliphatic carbocycles. The van der Waals surface area contributed by atoms with E-state index in [0.29, 0.717) is 12.2 Å². The van der Waals surface area contributed by atoms with Crippen LogP contribution in [0.3, 0.4) is 0 Å². The minimum atomic E-state index is -0.113. The topological polar surface area (TPSA) is 50.5 Å². The number of rotatable bonds is 4. The molecule has 5 heteroatoms. The number of pyridine rings is 2. The number of nitrogens with zero attached hydrogens (tertiary/aromatic N) is 4. The fourth-order valence-electron chi connectivity index (χ4n) is 3.27. The number of aryl methyl sites for hydroxylation is 2. The summed E-state index contributed by atoms with van der Waals surface area (Å²) in [6.07, 6.45) is 3.70. The van der Waals surface area contributed by atoms with Crippen molar-refractivity contribution in [2.75, 3.05) is 7.05 Å². The van der Waals surface area contributed by atoms with E-state index in [2.05, 4.69) is 53.7 Å². The highest BCUT2D eigenvalue weighted by atomic mass is 16.2. The standard InChI is InChI=1S/C23H22N4O/c1-16-7-10-18(11-8-16)22-20(27-14-17(2)9-12-21(27)25-22)15-26(3)23(28)19-6-4-5-13-24-19/h4-14H,15H2,1-3H3.